The van der Waals surface area contributed by atoms with Crippen LogP contribution in [0.4, 0.5) is 5.69 Å². The van der Waals surface area contributed by atoms with Crippen molar-refractivity contribution < 1.29 is 9.53 Å². The van der Waals surface area contributed by atoms with Crippen LogP contribution in [-0.2, 0) is 4.79 Å². The van der Waals surface area contributed by atoms with E-state index in [4.69, 9.17) is 22.1 Å². The van der Waals surface area contributed by atoms with Crippen molar-refractivity contribution in [1.29, 1.82) is 0 Å². The summed E-state index contributed by atoms with van der Waals surface area (Å²) < 4.78 is 5.52. The number of ether oxygens (including phenoxy) is 1. The summed E-state index contributed by atoms with van der Waals surface area (Å²) in [5.41, 5.74) is 6.25. The third-order valence-electron chi connectivity index (χ3n) is 4.20. The van der Waals surface area contributed by atoms with Gasteiger partial charge in [0, 0.05) is 11.7 Å². The Kier molecular flexibility index (Phi) is 5.12. The molecule has 0 saturated heterocycles. The Labute approximate surface area is 131 Å². The normalized spacial score (nSPS) is 24.9. The van der Waals surface area contributed by atoms with Gasteiger partial charge in [-0.3, -0.25) is 4.79 Å². The molecule has 21 heavy (non-hydrogen) atoms. The molecule has 0 heterocycles. The highest BCUT2D eigenvalue weighted by atomic mass is 35.5. The fourth-order valence-electron chi connectivity index (χ4n) is 2.66. The highest BCUT2D eigenvalue weighted by Crippen LogP contribution is 2.38. The highest BCUT2D eigenvalue weighted by Gasteiger charge is 2.42. The Balaban J connectivity index is 2.06. The summed E-state index contributed by atoms with van der Waals surface area (Å²) in [5, 5.41) is 3.42. The summed E-state index contributed by atoms with van der Waals surface area (Å²) in [4.78, 5) is 12.4. The van der Waals surface area contributed by atoms with Gasteiger partial charge in [0.2, 0.25) is 5.91 Å². The minimum absolute atomic E-state index is 0.0363. The van der Waals surface area contributed by atoms with Crippen molar-refractivity contribution in [3.05, 3.63) is 23.2 Å². The summed E-state index contributed by atoms with van der Waals surface area (Å²) >= 11 is 6.17. The average molecular weight is 311 g/mol. The maximum atomic E-state index is 12.4. The molecule has 0 spiro atoms. The zero-order chi connectivity index (χ0) is 15.5. The van der Waals surface area contributed by atoms with Gasteiger partial charge < -0.3 is 15.8 Å². The Morgan fingerprint density at radius 2 is 2.33 bits per heavy atom. The van der Waals surface area contributed by atoms with Crippen molar-refractivity contribution >= 4 is 23.2 Å². The van der Waals surface area contributed by atoms with E-state index in [0.717, 1.165) is 25.7 Å². The zero-order valence-corrected chi connectivity index (χ0v) is 13.4. The van der Waals surface area contributed by atoms with Crippen LogP contribution in [0.1, 0.15) is 39.5 Å². The van der Waals surface area contributed by atoms with E-state index in [2.05, 4.69) is 5.32 Å². The third kappa shape index (κ3) is 3.50. The molecule has 1 aliphatic carbocycles. The lowest BCUT2D eigenvalue weighted by atomic mass is 9.84. The largest absolute Gasteiger partial charge is 0.492 e. The summed E-state index contributed by atoms with van der Waals surface area (Å²) in [7, 11) is 0. The average Bonchev–Trinajstić information content (AvgIpc) is 2.79. The third-order valence-corrected chi connectivity index (χ3v) is 4.50. The summed E-state index contributed by atoms with van der Waals surface area (Å²) in [5.74, 6) is 0.603. The van der Waals surface area contributed by atoms with E-state index in [-0.39, 0.29) is 11.9 Å². The van der Waals surface area contributed by atoms with Gasteiger partial charge in [-0.05, 0) is 44.4 Å². The number of nitrogens with two attached hydrogens (primary N) is 1. The number of hydrogen-bond acceptors (Lipinski definition) is 3. The number of hydrogen-bond donors (Lipinski definition) is 2. The second-order valence-electron chi connectivity index (χ2n) is 5.86. The lowest BCUT2D eigenvalue weighted by molar-refractivity contribution is -0.125. The molecular weight excluding hydrogens is 288 g/mol. The molecule has 0 bridgehead atoms. The lowest BCUT2D eigenvalue weighted by Crippen LogP contribution is -2.44. The summed E-state index contributed by atoms with van der Waals surface area (Å²) in [6, 6.07) is 5.22. The number of carbonyl (C=O) groups is 1. The van der Waals surface area contributed by atoms with E-state index in [1.54, 1.807) is 18.2 Å². The van der Waals surface area contributed by atoms with Gasteiger partial charge in [0.05, 0.1) is 17.0 Å². The van der Waals surface area contributed by atoms with Gasteiger partial charge in [-0.25, -0.2) is 0 Å². The molecule has 5 heteroatoms. The molecule has 2 rings (SSSR count). The first-order valence-corrected chi connectivity index (χ1v) is 7.84. The van der Waals surface area contributed by atoms with Crippen molar-refractivity contribution in [2.45, 2.75) is 45.6 Å². The van der Waals surface area contributed by atoms with Crippen LogP contribution in [0.25, 0.3) is 0 Å². The van der Waals surface area contributed by atoms with Crippen LogP contribution in [0.5, 0.6) is 5.75 Å². The standard InChI is InChI=1S/C16H23ClN2O2/c1-3-9-21-13-7-6-11(10-12(13)17)19-15(20)16(2)8-4-5-14(16)18/h6-7,10,14H,3-5,8-9,18H2,1-2H3,(H,19,20). The minimum atomic E-state index is -0.496. The summed E-state index contributed by atoms with van der Waals surface area (Å²) in [6.45, 7) is 4.59. The van der Waals surface area contributed by atoms with Gasteiger partial charge in [-0.15, -0.1) is 0 Å². The number of carbonyl (C=O) groups excluding carboxylic acids is 1. The molecule has 2 unspecified atom stereocenters. The van der Waals surface area contributed by atoms with Crippen LogP contribution < -0.4 is 15.8 Å². The van der Waals surface area contributed by atoms with Crippen molar-refractivity contribution in [2.24, 2.45) is 11.1 Å². The molecule has 1 saturated carbocycles. The van der Waals surface area contributed by atoms with E-state index in [1.807, 2.05) is 13.8 Å². The van der Waals surface area contributed by atoms with Crippen LogP contribution in [0.15, 0.2) is 18.2 Å². The Morgan fingerprint density at radius 1 is 1.57 bits per heavy atom. The SMILES string of the molecule is CCCOc1ccc(NC(=O)C2(C)CCCC2N)cc1Cl. The number of halogens is 1. The Morgan fingerprint density at radius 3 is 2.90 bits per heavy atom. The second-order valence-corrected chi connectivity index (χ2v) is 6.27. The predicted octanol–water partition coefficient (Wildman–Crippen LogP) is 3.58. The molecule has 3 N–H and O–H groups in total. The molecule has 1 aromatic carbocycles. The fourth-order valence-corrected chi connectivity index (χ4v) is 2.89. The first-order valence-electron chi connectivity index (χ1n) is 7.46. The molecule has 2 atom stereocenters. The van der Waals surface area contributed by atoms with Crippen LogP contribution >= 0.6 is 11.6 Å². The molecule has 1 aromatic rings. The maximum absolute atomic E-state index is 12.4. The van der Waals surface area contributed by atoms with Crippen LogP contribution in [0.3, 0.4) is 0 Å². The van der Waals surface area contributed by atoms with E-state index in [1.165, 1.54) is 0 Å². The molecule has 1 fully saturated rings. The van der Waals surface area contributed by atoms with Crippen molar-refractivity contribution in [1.82, 2.24) is 0 Å². The Hall–Kier alpha value is -1.26. The van der Waals surface area contributed by atoms with Crippen LogP contribution in [0, 0.1) is 5.41 Å². The smallest absolute Gasteiger partial charge is 0.231 e. The predicted molar refractivity (Wildman–Crippen MR) is 85.8 cm³/mol. The topological polar surface area (TPSA) is 64.3 Å². The quantitative estimate of drug-likeness (QED) is 0.873. The lowest BCUT2D eigenvalue weighted by Gasteiger charge is -2.27. The number of amides is 1. The monoisotopic (exact) mass is 310 g/mol. The van der Waals surface area contributed by atoms with E-state index in [0.29, 0.717) is 23.1 Å². The van der Waals surface area contributed by atoms with Crippen LogP contribution in [0.2, 0.25) is 5.02 Å². The van der Waals surface area contributed by atoms with Gasteiger partial charge >= 0.3 is 0 Å². The van der Waals surface area contributed by atoms with E-state index in [9.17, 15) is 4.79 Å². The van der Waals surface area contributed by atoms with Crippen molar-refractivity contribution in [3.63, 3.8) is 0 Å². The summed E-state index contributed by atoms with van der Waals surface area (Å²) in [6.07, 6.45) is 3.64. The number of benzene rings is 1. The van der Waals surface area contributed by atoms with E-state index < -0.39 is 5.41 Å². The minimum Gasteiger partial charge on any atom is -0.492 e. The fraction of sp³-hybridized carbons (Fsp3) is 0.562. The van der Waals surface area contributed by atoms with Gasteiger partial charge in [-0.1, -0.05) is 24.9 Å². The van der Waals surface area contributed by atoms with E-state index >= 15 is 0 Å². The molecule has 116 valence electrons. The molecular formula is C16H23ClN2O2. The van der Waals surface area contributed by atoms with Crippen molar-refractivity contribution in [2.75, 3.05) is 11.9 Å². The molecule has 0 radical (unpaired) electrons. The van der Waals surface area contributed by atoms with Gasteiger partial charge in [-0.2, -0.15) is 0 Å². The van der Waals surface area contributed by atoms with Gasteiger partial charge in [0.25, 0.3) is 0 Å². The first-order chi connectivity index (χ1) is 9.97. The Bertz CT molecular complexity index is 521. The van der Waals surface area contributed by atoms with Crippen molar-refractivity contribution in [3.8, 4) is 5.75 Å². The molecule has 1 aliphatic rings. The molecule has 0 aromatic heterocycles. The first kappa shape index (κ1) is 16.1. The highest BCUT2D eigenvalue weighted by molar-refractivity contribution is 6.32. The molecule has 4 nitrogen and oxygen atoms in total. The molecule has 0 aliphatic heterocycles. The van der Waals surface area contributed by atoms with Gasteiger partial charge in [0.1, 0.15) is 5.75 Å². The van der Waals surface area contributed by atoms with Gasteiger partial charge in [0.15, 0.2) is 0 Å². The zero-order valence-electron chi connectivity index (χ0n) is 12.6. The maximum Gasteiger partial charge on any atom is 0.231 e. The number of nitrogens with one attached hydrogen (secondary N) is 1. The van der Waals surface area contributed by atoms with Crippen LogP contribution in [-0.4, -0.2) is 18.6 Å². The number of rotatable bonds is 5. The second kappa shape index (κ2) is 6.67. The number of anilines is 1. The molecule has 1 amide bonds.